The standard InChI is InChI=1S/C14H20F2N2O3/c1-3-10(17)13(19)18-7-6-9-4-5-11(21-14(15)16)12(8-9)20-2/h4-5,8,10,14H,3,6-7,17H2,1-2H3,(H,18,19). The second-order valence-electron chi connectivity index (χ2n) is 4.42. The molecule has 1 amide bonds. The van der Waals surface area contributed by atoms with Crippen molar-refractivity contribution < 1.29 is 23.0 Å². The van der Waals surface area contributed by atoms with Crippen LogP contribution in [0.1, 0.15) is 18.9 Å². The van der Waals surface area contributed by atoms with Crippen molar-refractivity contribution in [2.45, 2.75) is 32.4 Å². The highest BCUT2D eigenvalue weighted by molar-refractivity contribution is 5.81. The minimum absolute atomic E-state index is 0.0201. The van der Waals surface area contributed by atoms with Crippen LogP contribution in [0.25, 0.3) is 0 Å². The topological polar surface area (TPSA) is 73.6 Å². The van der Waals surface area contributed by atoms with E-state index in [-0.39, 0.29) is 17.4 Å². The van der Waals surface area contributed by atoms with Crippen molar-refractivity contribution in [1.29, 1.82) is 0 Å². The van der Waals surface area contributed by atoms with Gasteiger partial charge in [0.05, 0.1) is 13.2 Å². The van der Waals surface area contributed by atoms with Gasteiger partial charge < -0.3 is 20.5 Å². The lowest BCUT2D eigenvalue weighted by Crippen LogP contribution is -2.40. The number of carbonyl (C=O) groups is 1. The van der Waals surface area contributed by atoms with Gasteiger partial charge >= 0.3 is 6.61 Å². The van der Waals surface area contributed by atoms with Crippen LogP contribution >= 0.6 is 0 Å². The first-order valence-electron chi connectivity index (χ1n) is 6.63. The normalized spacial score (nSPS) is 12.1. The minimum atomic E-state index is -2.90. The molecule has 0 aliphatic heterocycles. The third-order valence-electron chi connectivity index (χ3n) is 2.93. The lowest BCUT2D eigenvalue weighted by Gasteiger charge is -2.12. The Morgan fingerprint density at radius 3 is 2.67 bits per heavy atom. The molecule has 0 saturated carbocycles. The summed E-state index contributed by atoms with van der Waals surface area (Å²) in [6, 6.07) is 4.15. The Balaban J connectivity index is 2.58. The summed E-state index contributed by atoms with van der Waals surface area (Å²) in [7, 11) is 1.37. The number of amides is 1. The van der Waals surface area contributed by atoms with E-state index < -0.39 is 12.7 Å². The van der Waals surface area contributed by atoms with E-state index in [0.717, 1.165) is 5.56 Å². The number of methoxy groups -OCH3 is 1. The first kappa shape index (κ1) is 17.2. The number of alkyl halides is 2. The maximum absolute atomic E-state index is 12.2. The van der Waals surface area contributed by atoms with Crippen LogP contribution in [0.4, 0.5) is 8.78 Å². The highest BCUT2D eigenvalue weighted by atomic mass is 19.3. The van der Waals surface area contributed by atoms with Gasteiger partial charge in [-0.2, -0.15) is 8.78 Å². The van der Waals surface area contributed by atoms with E-state index in [9.17, 15) is 13.6 Å². The molecule has 0 saturated heterocycles. The van der Waals surface area contributed by atoms with Crippen molar-refractivity contribution in [2.75, 3.05) is 13.7 Å². The summed E-state index contributed by atoms with van der Waals surface area (Å²) >= 11 is 0. The maximum Gasteiger partial charge on any atom is 0.387 e. The molecule has 0 fully saturated rings. The highest BCUT2D eigenvalue weighted by Gasteiger charge is 2.12. The second kappa shape index (κ2) is 8.41. The van der Waals surface area contributed by atoms with Crippen LogP contribution in [0.5, 0.6) is 11.5 Å². The molecule has 0 spiro atoms. The summed E-state index contributed by atoms with van der Waals surface area (Å²) in [6.07, 6.45) is 1.10. The van der Waals surface area contributed by atoms with Crippen molar-refractivity contribution in [3.8, 4) is 11.5 Å². The molecule has 0 radical (unpaired) electrons. The van der Waals surface area contributed by atoms with E-state index >= 15 is 0 Å². The van der Waals surface area contributed by atoms with Crippen molar-refractivity contribution in [3.05, 3.63) is 23.8 Å². The molecule has 1 unspecified atom stereocenters. The van der Waals surface area contributed by atoms with Gasteiger partial charge in [-0.1, -0.05) is 13.0 Å². The van der Waals surface area contributed by atoms with Crippen LogP contribution in [-0.4, -0.2) is 32.2 Å². The number of nitrogens with one attached hydrogen (secondary N) is 1. The molecular weight excluding hydrogens is 282 g/mol. The Labute approximate surface area is 122 Å². The van der Waals surface area contributed by atoms with Crippen molar-refractivity contribution in [2.24, 2.45) is 5.73 Å². The SMILES string of the molecule is CCC(N)C(=O)NCCc1ccc(OC(F)F)c(OC)c1. The van der Waals surface area contributed by atoms with Gasteiger partial charge in [-0.25, -0.2) is 0 Å². The average molecular weight is 302 g/mol. The van der Waals surface area contributed by atoms with Crippen LogP contribution in [0.3, 0.4) is 0 Å². The maximum atomic E-state index is 12.2. The van der Waals surface area contributed by atoms with Gasteiger partial charge in [0.25, 0.3) is 0 Å². The molecule has 1 aromatic carbocycles. The third kappa shape index (κ3) is 5.55. The lowest BCUT2D eigenvalue weighted by atomic mass is 10.1. The van der Waals surface area contributed by atoms with E-state index in [2.05, 4.69) is 10.1 Å². The van der Waals surface area contributed by atoms with Gasteiger partial charge in [-0.15, -0.1) is 0 Å². The molecule has 7 heteroatoms. The Morgan fingerprint density at radius 2 is 2.10 bits per heavy atom. The van der Waals surface area contributed by atoms with E-state index in [1.54, 1.807) is 12.1 Å². The molecule has 5 nitrogen and oxygen atoms in total. The van der Waals surface area contributed by atoms with Crippen LogP contribution in [-0.2, 0) is 11.2 Å². The number of rotatable bonds is 8. The second-order valence-corrected chi connectivity index (χ2v) is 4.42. The predicted molar refractivity (Wildman–Crippen MR) is 74.6 cm³/mol. The summed E-state index contributed by atoms with van der Waals surface area (Å²) in [5.41, 5.74) is 6.42. The van der Waals surface area contributed by atoms with Crippen molar-refractivity contribution in [1.82, 2.24) is 5.32 Å². The molecule has 0 heterocycles. The molecule has 21 heavy (non-hydrogen) atoms. The van der Waals surface area contributed by atoms with Gasteiger partial charge in [-0.05, 0) is 30.5 Å². The Bertz CT molecular complexity index is 470. The van der Waals surface area contributed by atoms with E-state index in [1.807, 2.05) is 6.92 Å². The molecule has 0 aliphatic rings. The number of hydrogen-bond donors (Lipinski definition) is 2. The summed E-state index contributed by atoms with van der Waals surface area (Å²) in [6.45, 7) is -0.665. The molecular formula is C14H20F2N2O3. The molecule has 1 rings (SSSR count). The summed E-state index contributed by atoms with van der Waals surface area (Å²) in [5, 5.41) is 2.71. The quantitative estimate of drug-likeness (QED) is 0.766. The van der Waals surface area contributed by atoms with E-state index in [0.29, 0.717) is 19.4 Å². The average Bonchev–Trinajstić information content (AvgIpc) is 2.47. The zero-order chi connectivity index (χ0) is 15.8. The first-order valence-corrected chi connectivity index (χ1v) is 6.63. The van der Waals surface area contributed by atoms with Crippen molar-refractivity contribution in [3.63, 3.8) is 0 Å². The molecule has 1 aromatic rings. The number of halogens is 2. The lowest BCUT2D eigenvalue weighted by molar-refractivity contribution is -0.122. The fourth-order valence-corrected chi connectivity index (χ4v) is 1.71. The smallest absolute Gasteiger partial charge is 0.387 e. The summed E-state index contributed by atoms with van der Waals surface area (Å²) in [5.74, 6) is -0.000189. The van der Waals surface area contributed by atoms with Crippen LogP contribution in [0, 0.1) is 0 Å². The largest absolute Gasteiger partial charge is 0.493 e. The predicted octanol–water partition coefficient (Wildman–Crippen LogP) is 1.69. The highest BCUT2D eigenvalue weighted by Crippen LogP contribution is 2.29. The molecule has 1 atom stereocenters. The van der Waals surface area contributed by atoms with Crippen LogP contribution in [0.15, 0.2) is 18.2 Å². The summed E-state index contributed by atoms with van der Waals surface area (Å²) < 4.78 is 33.7. The zero-order valence-corrected chi connectivity index (χ0v) is 12.1. The summed E-state index contributed by atoms with van der Waals surface area (Å²) in [4.78, 5) is 11.5. The minimum Gasteiger partial charge on any atom is -0.493 e. The molecule has 0 aromatic heterocycles. The zero-order valence-electron chi connectivity index (χ0n) is 12.1. The third-order valence-corrected chi connectivity index (χ3v) is 2.93. The van der Waals surface area contributed by atoms with Crippen LogP contribution in [0.2, 0.25) is 0 Å². The Hall–Kier alpha value is -1.89. The van der Waals surface area contributed by atoms with Gasteiger partial charge in [0, 0.05) is 6.54 Å². The number of benzene rings is 1. The number of carbonyl (C=O) groups excluding carboxylic acids is 1. The monoisotopic (exact) mass is 302 g/mol. The molecule has 3 N–H and O–H groups in total. The number of ether oxygens (including phenoxy) is 2. The molecule has 118 valence electrons. The fraction of sp³-hybridized carbons (Fsp3) is 0.500. The molecule has 0 aliphatic carbocycles. The van der Waals surface area contributed by atoms with E-state index in [1.165, 1.54) is 13.2 Å². The van der Waals surface area contributed by atoms with E-state index in [4.69, 9.17) is 10.5 Å². The van der Waals surface area contributed by atoms with Gasteiger partial charge in [0.1, 0.15) is 0 Å². The van der Waals surface area contributed by atoms with Gasteiger partial charge in [-0.3, -0.25) is 4.79 Å². The van der Waals surface area contributed by atoms with Crippen LogP contribution < -0.4 is 20.5 Å². The Morgan fingerprint density at radius 1 is 1.38 bits per heavy atom. The first-order chi connectivity index (χ1) is 9.97. The Kier molecular flexibility index (Phi) is 6.87. The van der Waals surface area contributed by atoms with Gasteiger partial charge in [0.2, 0.25) is 5.91 Å². The van der Waals surface area contributed by atoms with Crippen molar-refractivity contribution >= 4 is 5.91 Å². The number of hydrogen-bond acceptors (Lipinski definition) is 4. The molecule has 0 bridgehead atoms. The fourth-order valence-electron chi connectivity index (χ4n) is 1.71. The number of nitrogens with two attached hydrogens (primary N) is 1. The van der Waals surface area contributed by atoms with Gasteiger partial charge in [0.15, 0.2) is 11.5 Å².